The van der Waals surface area contributed by atoms with Gasteiger partial charge in [-0.1, -0.05) is 84.4 Å². The molecule has 0 fully saturated rings. The number of hydrogen-bond donors (Lipinski definition) is 0. The monoisotopic (exact) mass is 493 g/mol. The predicted molar refractivity (Wildman–Crippen MR) is 156 cm³/mol. The van der Waals surface area contributed by atoms with Gasteiger partial charge in [0.25, 0.3) is 0 Å². The summed E-state index contributed by atoms with van der Waals surface area (Å²) in [6, 6.07) is 42.7. The lowest BCUT2D eigenvalue weighted by molar-refractivity contribution is 0.669. The summed E-state index contributed by atoms with van der Waals surface area (Å²) < 4.78 is 8.56. The van der Waals surface area contributed by atoms with E-state index in [4.69, 9.17) is 16.0 Å². The number of para-hydroxylation sites is 1. The van der Waals surface area contributed by atoms with E-state index in [1.54, 1.807) is 0 Å². The molecule has 8 aromatic rings. The van der Waals surface area contributed by atoms with E-state index in [0.717, 1.165) is 38.8 Å². The molecule has 0 amide bonds. The minimum absolute atomic E-state index is 0.713. The van der Waals surface area contributed by atoms with Crippen molar-refractivity contribution in [1.82, 2.24) is 4.57 Å². The number of benzene rings is 6. The molecule has 0 aliphatic rings. The minimum atomic E-state index is 0.713. The Morgan fingerprint density at radius 1 is 0.514 bits per heavy atom. The van der Waals surface area contributed by atoms with Gasteiger partial charge < -0.3 is 8.98 Å². The van der Waals surface area contributed by atoms with E-state index in [0.29, 0.717) is 5.02 Å². The van der Waals surface area contributed by atoms with Crippen LogP contribution in [-0.4, -0.2) is 4.57 Å². The fourth-order valence-electron chi connectivity index (χ4n) is 5.78. The lowest BCUT2D eigenvalue weighted by Crippen LogP contribution is -1.93. The minimum Gasteiger partial charge on any atom is -0.456 e. The highest BCUT2D eigenvalue weighted by molar-refractivity contribution is 6.37. The second-order valence-electron chi connectivity index (χ2n) is 9.51. The van der Waals surface area contributed by atoms with E-state index in [1.165, 1.54) is 32.6 Å². The zero-order valence-electron chi connectivity index (χ0n) is 19.8. The zero-order valence-corrected chi connectivity index (χ0v) is 20.5. The Bertz CT molecular complexity index is 2150. The first-order valence-corrected chi connectivity index (χ1v) is 12.8. The molecule has 2 nitrogen and oxygen atoms in total. The molecule has 0 spiro atoms. The summed E-state index contributed by atoms with van der Waals surface area (Å²) in [5, 5.41) is 7.77. The molecule has 0 unspecified atom stereocenters. The molecule has 8 rings (SSSR count). The molecule has 0 N–H and O–H groups in total. The third-order valence-corrected chi connectivity index (χ3v) is 7.76. The van der Waals surface area contributed by atoms with E-state index in [9.17, 15) is 0 Å². The third kappa shape index (κ3) is 3.00. The zero-order chi connectivity index (χ0) is 24.5. The Hall–Kier alpha value is -4.53. The highest BCUT2D eigenvalue weighted by Gasteiger charge is 2.16. The Kier molecular flexibility index (Phi) is 4.31. The van der Waals surface area contributed by atoms with E-state index >= 15 is 0 Å². The average Bonchev–Trinajstić information content (AvgIpc) is 3.49. The van der Waals surface area contributed by atoms with Crippen LogP contribution in [0.4, 0.5) is 0 Å². The van der Waals surface area contributed by atoms with Crippen molar-refractivity contribution in [2.24, 2.45) is 0 Å². The number of fused-ring (bicyclic) bond motifs is 8. The summed E-state index contributed by atoms with van der Waals surface area (Å²) in [6.07, 6.45) is 0. The van der Waals surface area contributed by atoms with Crippen molar-refractivity contribution in [3.63, 3.8) is 0 Å². The van der Waals surface area contributed by atoms with Crippen LogP contribution in [0.25, 0.3) is 71.3 Å². The molecule has 0 bridgehead atoms. The summed E-state index contributed by atoms with van der Waals surface area (Å²) >= 11 is 6.49. The van der Waals surface area contributed by atoms with Gasteiger partial charge in [0.1, 0.15) is 11.2 Å². The molecule has 3 heteroatoms. The SMILES string of the molecule is Clc1cccc2oc3cc(-c4ccc5c6c7ccccc7ccc6n(-c6ccccc6)c5c4)ccc3c12. The normalized spacial score (nSPS) is 11.9. The first kappa shape index (κ1) is 20.6. The second kappa shape index (κ2) is 7.73. The quantitative estimate of drug-likeness (QED) is 0.234. The Morgan fingerprint density at radius 3 is 2.19 bits per heavy atom. The van der Waals surface area contributed by atoms with Crippen molar-refractivity contribution in [2.75, 3.05) is 0 Å². The van der Waals surface area contributed by atoms with Crippen LogP contribution in [0.2, 0.25) is 5.02 Å². The van der Waals surface area contributed by atoms with Gasteiger partial charge in [-0.05, 0) is 70.4 Å². The molecule has 0 aliphatic carbocycles. The number of rotatable bonds is 2. The first-order chi connectivity index (χ1) is 18.3. The lowest BCUT2D eigenvalue weighted by atomic mass is 10.00. The van der Waals surface area contributed by atoms with Gasteiger partial charge >= 0.3 is 0 Å². The van der Waals surface area contributed by atoms with E-state index in [-0.39, 0.29) is 0 Å². The molecule has 0 atom stereocenters. The first-order valence-electron chi connectivity index (χ1n) is 12.4. The maximum absolute atomic E-state index is 6.49. The molecule has 37 heavy (non-hydrogen) atoms. The molecule has 0 aliphatic heterocycles. The molecule has 6 aromatic carbocycles. The molecule has 0 radical (unpaired) electrons. The van der Waals surface area contributed by atoms with Crippen molar-refractivity contribution in [1.29, 1.82) is 0 Å². The van der Waals surface area contributed by atoms with Gasteiger partial charge in [-0.15, -0.1) is 0 Å². The van der Waals surface area contributed by atoms with Crippen LogP contribution in [0.15, 0.2) is 126 Å². The predicted octanol–water partition coefficient (Wildman–Crippen LogP) is 10.2. The molecule has 2 heterocycles. The van der Waals surface area contributed by atoms with Crippen molar-refractivity contribution >= 4 is 66.1 Å². The largest absolute Gasteiger partial charge is 0.456 e. The fraction of sp³-hybridized carbons (Fsp3) is 0. The lowest BCUT2D eigenvalue weighted by Gasteiger charge is -2.09. The van der Waals surface area contributed by atoms with Crippen molar-refractivity contribution < 1.29 is 4.42 Å². The Labute approximate surface area is 217 Å². The van der Waals surface area contributed by atoms with Gasteiger partial charge in [0.15, 0.2) is 0 Å². The number of nitrogens with zero attached hydrogens (tertiary/aromatic N) is 1. The number of halogens is 1. The Morgan fingerprint density at radius 2 is 1.30 bits per heavy atom. The topological polar surface area (TPSA) is 18.1 Å². The van der Waals surface area contributed by atoms with Crippen LogP contribution in [0.5, 0.6) is 0 Å². The second-order valence-corrected chi connectivity index (χ2v) is 9.92. The van der Waals surface area contributed by atoms with Crippen LogP contribution < -0.4 is 0 Å². The van der Waals surface area contributed by atoms with E-state index in [1.807, 2.05) is 18.2 Å². The summed E-state index contributed by atoms with van der Waals surface area (Å²) in [6.45, 7) is 0. The van der Waals surface area contributed by atoms with Crippen molar-refractivity contribution in [2.45, 2.75) is 0 Å². The van der Waals surface area contributed by atoms with Crippen molar-refractivity contribution in [3.05, 3.63) is 126 Å². The molecule has 0 saturated carbocycles. The highest BCUT2D eigenvalue weighted by Crippen LogP contribution is 2.40. The number of aromatic nitrogens is 1. The van der Waals surface area contributed by atoms with Gasteiger partial charge in [0.05, 0.1) is 16.1 Å². The maximum Gasteiger partial charge on any atom is 0.136 e. The van der Waals surface area contributed by atoms with Crippen LogP contribution in [-0.2, 0) is 0 Å². The van der Waals surface area contributed by atoms with E-state index < -0.39 is 0 Å². The molecule has 174 valence electrons. The Balaban J connectivity index is 1.42. The van der Waals surface area contributed by atoms with Crippen LogP contribution in [0.1, 0.15) is 0 Å². The van der Waals surface area contributed by atoms with Crippen LogP contribution in [0, 0.1) is 0 Å². The third-order valence-electron chi connectivity index (χ3n) is 7.45. The summed E-state index contributed by atoms with van der Waals surface area (Å²) in [5.74, 6) is 0. The van der Waals surface area contributed by atoms with Gasteiger partial charge in [0.2, 0.25) is 0 Å². The van der Waals surface area contributed by atoms with Crippen LogP contribution >= 0.6 is 11.6 Å². The summed E-state index contributed by atoms with van der Waals surface area (Å²) in [5.41, 5.74) is 7.45. The molecular formula is C34H20ClNO. The fourth-order valence-corrected chi connectivity index (χ4v) is 6.05. The summed E-state index contributed by atoms with van der Waals surface area (Å²) in [4.78, 5) is 0. The number of furan rings is 1. The summed E-state index contributed by atoms with van der Waals surface area (Å²) in [7, 11) is 0. The van der Waals surface area contributed by atoms with E-state index in [2.05, 4.69) is 108 Å². The van der Waals surface area contributed by atoms with Gasteiger partial charge in [0, 0.05) is 27.2 Å². The molecular weight excluding hydrogens is 474 g/mol. The molecule has 0 saturated heterocycles. The maximum atomic E-state index is 6.49. The average molecular weight is 494 g/mol. The highest BCUT2D eigenvalue weighted by atomic mass is 35.5. The molecule has 2 aromatic heterocycles. The smallest absolute Gasteiger partial charge is 0.136 e. The van der Waals surface area contributed by atoms with Crippen molar-refractivity contribution in [3.8, 4) is 16.8 Å². The standard InChI is InChI=1S/C34H20ClNO/c35-28-11-6-12-31-34(28)27-17-14-23(20-32(27)37-31)22-13-16-26-30(19-22)36(24-8-2-1-3-9-24)29-18-15-21-7-4-5-10-25(21)33(26)29/h1-20H. The van der Waals surface area contributed by atoms with Gasteiger partial charge in [-0.2, -0.15) is 0 Å². The van der Waals surface area contributed by atoms with Gasteiger partial charge in [-0.3, -0.25) is 0 Å². The van der Waals surface area contributed by atoms with Crippen LogP contribution in [0.3, 0.4) is 0 Å². The number of hydrogen-bond acceptors (Lipinski definition) is 1. The van der Waals surface area contributed by atoms with Gasteiger partial charge in [-0.25, -0.2) is 0 Å².